The molecule has 3 rings (SSSR count). The van der Waals surface area contributed by atoms with Gasteiger partial charge in [0.15, 0.2) is 0 Å². The monoisotopic (exact) mass is 454 g/mol. The van der Waals surface area contributed by atoms with E-state index in [9.17, 15) is 27.2 Å². The number of anilines is 1. The third kappa shape index (κ3) is 4.69. The molecule has 6 nitrogen and oxygen atoms in total. The number of hydrogen-bond donors (Lipinski definition) is 2. The third-order valence-corrected chi connectivity index (χ3v) is 4.78. The molecule has 11 heteroatoms. The Hall–Kier alpha value is -3.40. The Kier molecular flexibility index (Phi) is 6.03. The number of para-hydroxylation sites is 1. The SMILES string of the molecule is CC(NC(=O)c1ccc(=O)n(-c2ccccc2F)n1)c1cc(N)cc(C(F)(F)F)c1Cl. The minimum Gasteiger partial charge on any atom is -0.399 e. The van der Waals surface area contributed by atoms with Gasteiger partial charge < -0.3 is 11.1 Å². The quantitative estimate of drug-likeness (QED) is 0.458. The number of rotatable bonds is 4. The summed E-state index contributed by atoms with van der Waals surface area (Å²) in [4.78, 5) is 24.7. The number of alkyl halides is 3. The molecule has 0 aliphatic heterocycles. The van der Waals surface area contributed by atoms with Crippen LogP contribution in [0.3, 0.4) is 0 Å². The van der Waals surface area contributed by atoms with Gasteiger partial charge in [-0.3, -0.25) is 9.59 Å². The summed E-state index contributed by atoms with van der Waals surface area (Å²) in [6.07, 6.45) is -4.73. The molecule has 3 N–H and O–H groups in total. The van der Waals surface area contributed by atoms with Crippen molar-refractivity contribution >= 4 is 23.2 Å². The van der Waals surface area contributed by atoms with Crippen LogP contribution in [0.5, 0.6) is 0 Å². The maximum absolute atomic E-state index is 14.0. The molecule has 31 heavy (non-hydrogen) atoms. The van der Waals surface area contributed by atoms with Crippen molar-refractivity contribution < 1.29 is 22.4 Å². The van der Waals surface area contributed by atoms with Crippen molar-refractivity contribution in [3.8, 4) is 5.69 Å². The standard InChI is InChI=1S/C20H15ClF4N4O2/c1-10(12-8-11(26)9-13(18(12)21)20(23,24)25)27-19(31)15-6-7-17(30)29(28-15)16-5-3-2-4-14(16)22/h2-10H,26H2,1H3,(H,27,31). The van der Waals surface area contributed by atoms with Crippen LogP contribution >= 0.6 is 11.6 Å². The normalized spacial score (nSPS) is 12.5. The summed E-state index contributed by atoms with van der Waals surface area (Å²) in [7, 11) is 0. The van der Waals surface area contributed by atoms with E-state index in [1.807, 2.05) is 0 Å². The molecule has 0 fully saturated rings. The van der Waals surface area contributed by atoms with Gasteiger partial charge in [0, 0.05) is 11.8 Å². The average molecular weight is 455 g/mol. The van der Waals surface area contributed by atoms with E-state index in [4.69, 9.17) is 17.3 Å². The molecular formula is C20H15ClF4N4O2. The molecule has 1 amide bonds. The topological polar surface area (TPSA) is 90.0 Å². The molecule has 0 aliphatic rings. The highest BCUT2D eigenvalue weighted by atomic mass is 35.5. The Labute approximate surface area is 178 Å². The predicted octanol–water partition coefficient (Wildman–Crippen LogP) is 4.12. The lowest BCUT2D eigenvalue weighted by Gasteiger charge is -2.19. The molecule has 0 radical (unpaired) electrons. The lowest BCUT2D eigenvalue weighted by atomic mass is 10.0. The first-order valence-corrected chi connectivity index (χ1v) is 9.19. The van der Waals surface area contributed by atoms with Crippen LogP contribution in [-0.2, 0) is 6.18 Å². The number of hydrogen-bond acceptors (Lipinski definition) is 4. The first-order valence-electron chi connectivity index (χ1n) is 8.81. The maximum Gasteiger partial charge on any atom is 0.417 e. The Morgan fingerprint density at radius 1 is 1.19 bits per heavy atom. The van der Waals surface area contributed by atoms with Gasteiger partial charge in [0.1, 0.15) is 17.2 Å². The van der Waals surface area contributed by atoms with E-state index in [0.717, 1.165) is 18.2 Å². The zero-order valence-corrected chi connectivity index (χ0v) is 16.6. The molecule has 0 saturated carbocycles. The highest BCUT2D eigenvalue weighted by Crippen LogP contribution is 2.39. The molecule has 0 saturated heterocycles. The Bertz CT molecular complexity index is 1210. The van der Waals surface area contributed by atoms with Crippen LogP contribution in [0.1, 0.15) is 34.6 Å². The van der Waals surface area contributed by atoms with Crippen molar-refractivity contribution in [2.24, 2.45) is 0 Å². The largest absolute Gasteiger partial charge is 0.417 e. The lowest BCUT2D eigenvalue weighted by Crippen LogP contribution is -2.31. The molecule has 1 unspecified atom stereocenters. The summed E-state index contributed by atoms with van der Waals surface area (Å²) in [5, 5.41) is 5.72. The van der Waals surface area contributed by atoms with E-state index in [1.165, 1.54) is 31.2 Å². The number of nitrogens with zero attached hydrogens (tertiary/aromatic N) is 2. The fourth-order valence-electron chi connectivity index (χ4n) is 2.87. The van der Waals surface area contributed by atoms with E-state index in [2.05, 4.69) is 10.4 Å². The molecule has 2 aromatic carbocycles. The number of amides is 1. The molecule has 0 spiro atoms. The van der Waals surface area contributed by atoms with Gasteiger partial charge in [-0.2, -0.15) is 23.0 Å². The smallest absolute Gasteiger partial charge is 0.399 e. The molecule has 3 aromatic rings. The number of benzene rings is 2. The minimum absolute atomic E-state index is 0.0511. The first-order chi connectivity index (χ1) is 14.5. The van der Waals surface area contributed by atoms with Crippen LogP contribution in [0.15, 0.2) is 53.3 Å². The van der Waals surface area contributed by atoms with Crippen molar-refractivity contribution in [3.05, 3.63) is 86.5 Å². The van der Waals surface area contributed by atoms with Gasteiger partial charge in [-0.1, -0.05) is 23.7 Å². The summed E-state index contributed by atoms with van der Waals surface area (Å²) in [5.74, 6) is -1.54. The number of carbonyl (C=O) groups is 1. The minimum atomic E-state index is -4.73. The number of nitrogen functional groups attached to an aromatic ring is 1. The summed E-state index contributed by atoms with van der Waals surface area (Å²) in [6, 6.07) is 8.41. The van der Waals surface area contributed by atoms with Crippen LogP contribution in [0, 0.1) is 5.82 Å². The van der Waals surface area contributed by atoms with Crippen molar-refractivity contribution in [1.82, 2.24) is 15.1 Å². The number of halogens is 5. The van der Waals surface area contributed by atoms with Crippen LogP contribution < -0.4 is 16.6 Å². The Balaban J connectivity index is 1.93. The molecule has 1 atom stereocenters. The second-order valence-corrected chi connectivity index (χ2v) is 6.96. The molecule has 1 heterocycles. The van der Waals surface area contributed by atoms with Gasteiger partial charge >= 0.3 is 6.18 Å². The van der Waals surface area contributed by atoms with Crippen LogP contribution in [0.4, 0.5) is 23.2 Å². The van der Waals surface area contributed by atoms with E-state index in [1.54, 1.807) is 0 Å². The van der Waals surface area contributed by atoms with Gasteiger partial charge in [0.05, 0.1) is 16.6 Å². The number of nitrogens with one attached hydrogen (secondary N) is 1. The van der Waals surface area contributed by atoms with Crippen molar-refractivity contribution in [2.75, 3.05) is 5.73 Å². The van der Waals surface area contributed by atoms with Crippen LogP contribution in [0.25, 0.3) is 5.69 Å². The summed E-state index contributed by atoms with van der Waals surface area (Å²) in [6.45, 7) is 1.41. The lowest BCUT2D eigenvalue weighted by molar-refractivity contribution is -0.137. The van der Waals surface area contributed by atoms with Gasteiger partial charge in [0.25, 0.3) is 11.5 Å². The van der Waals surface area contributed by atoms with Crippen molar-refractivity contribution in [2.45, 2.75) is 19.1 Å². The molecule has 162 valence electrons. The second-order valence-electron chi connectivity index (χ2n) is 6.58. The fraction of sp³-hybridized carbons (Fsp3) is 0.150. The first kappa shape index (κ1) is 22.3. The van der Waals surface area contributed by atoms with Crippen molar-refractivity contribution in [3.63, 3.8) is 0 Å². The highest BCUT2D eigenvalue weighted by molar-refractivity contribution is 6.32. The van der Waals surface area contributed by atoms with E-state index >= 15 is 0 Å². The number of nitrogens with two attached hydrogens (primary N) is 1. The number of aromatic nitrogens is 2. The van der Waals surface area contributed by atoms with E-state index < -0.39 is 40.1 Å². The Morgan fingerprint density at radius 2 is 1.87 bits per heavy atom. The Morgan fingerprint density at radius 3 is 2.52 bits per heavy atom. The fourth-order valence-corrected chi connectivity index (χ4v) is 3.25. The molecular weight excluding hydrogens is 440 g/mol. The third-order valence-electron chi connectivity index (χ3n) is 4.36. The average Bonchev–Trinajstić information content (AvgIpc) is 2.69. The van der Waals surface area contributed by atoms with E-state index in [-0.39, 0.29) is 22.6 Å². The number of carbonyl (C=O) groups excluding carboxylic acids is 1. The maximum atomic E-state index is 14.0. The van der Waals surface area contributed by atoms with Gasteiger partial charge in [0.2, 0.25) is 0 Å². The van der Waals surface area contributed by atoms with Crippen LogP contribution in [-0.4, -0.2) is 15.7 Å². The molecule has 0 aliphatic carbocycles. The van der Waals surface area contributed by atoms with Gasteiger partial charge in [-0.25, -0.2) is 4.39 Å². The van der Waals surface area contributed by atoms with Crippen molar-refractivity contribution in [1.29, 1.82) is 0 Å². The molecule has 1 aromatic heterocycles. The molecule has 0 bridgehead atoms. The summed E-state index contributed by atoms with van der Waals surface area (Å²) in [5.41, 5.74) is 3.10. The van der Waals surface area contributed by atoms with Gasteiger partial charge in [-0.05, 0) is 42.8 Å². The van der Waals surface area contributed by atoms with Gasteiger partial charge in [-0.15, -0.1) is 0 Å². The summed E-state index contributed by atoms with van der Waals surface area (Å²) < 4.78 is 54.3. The van der Waals surface area contributed by atoms with E-state index in [0.29, 0.717) is 10.7 Å². The highest BCUT2D eigenvalue weighted by Gasteiger charge is 2.35. The zero-order valence-electron chi connectivity index (χ0n) is 15.9. The second kappa shape index (κ2) is 8.38. The zero-order chi connectivity index (χ0) is 22.9. The summed E-state index contributed by atoms with van der Waals surface area (Å²) >= 11 is 5.90. The van der Waals surface area contributed by atoms with Crippen LogP contribution in [0.2, 0.25) is 5.02 Å². The predicted molar refractivity (Wildman–Crippen MR) is 107 cm³/mol.